The summed E-state index contributed by atoms with van der Waals surface area (Å²) in [6.45, 7) is 2.62. The molecule has 0 atom stereocenters. The van der Waals surface area contributed by atoms with Crippen molar-refractivity contribution in [3.8, 4) is 11.5 Å². The molecule has 9 heteroatoms. The fourth-order valence-electron chi connectivity index (χ4n) is 2.84. The van der Waals surface area contributed by atoms with Gasteiger partial charge in [-0.3, -0.25) is 9.69 Å². The van der Waals surface area contributed by atoms with Crippen LogP contribution in [0.15, 0.2) is 41.3 Å². The standard InChI is InChI=1S/C21H18INO5S2/c1-3-23-19(24)17(30-21(23)29)10-13-8-15(22)18(16(9-13)27-2)28-11-12-5-4-6-14(7-12)20(25)26/h4-10H,3,11H2,1-2H3,(H,25,26)/b17-10-. The summed E-state index contributed by atoms with van der Waals surface area (Å²) in [6.07, 6.45) is 1.79. The predicted octanol–water partition coefficient (Wildman–Crippen LogP) is 4.80. The Morgan fingerprint density at radius 3 is 2.73 bits per heavy atom. The number of carbonyl (C=O) groups is 2. The van der Waals surface area contributed by atoms with Crippen LogP contribution in [-0.4, -0.2) is 39.9 Å². The molecule has 0 aliphatic carbocycles. The Hall–Kier alpha value is -2.11. The number of ether oxygens (including phenoxy) is 2. The lowest BCUT2D eigenvalue weighted by Gasteiger charge is -2.14. The van der Waals surface area contributed by atoms with Crippen molar-refractivity contribution in [2.45, 2.75) is 13.5 Å². The highest BCUT2D eigenvalue weighted by Gasteiger charge is 2.30. The van der Waals surface area contributed by atoms with Crippen molar-refractivity contribution in [2.24, 2.45) is 0 Å². The van der Waals surface area contributed by atoms with Gasteiger partial charge in [0.25, 0.3) is 5.91 Å². The topological polar surface area (TPSA) is 76.1 Å². The van der Waals surface area contributed by atoms with Crippen LogP contribution in [0.4, 0.5) is 0 Å². The number of methoxy groups -OCH3 is 1. The van der Waals surface area contributed by atoms with E-state index in [0.717, 1.165) is 14.7 Å². The summed E-state index contributed by atoms with van der Waals surface area (Å²) in [7, 11) is 1.55. The maximum atomic E-state index is 12.4. The van der Waals surface area contributed by atoms with Crippen LogP contribution in [0.2, 0.25) is 0 Å². The van der Waals surface area contributed by atoms with Crippen LogP contribution in [0.5, 0.6) is 11.5 Å². The van der Waals surface area contributed by atoms with E-state index in [1.54, 1.807) is 42.4 Å². The monoisotopic (exact) mass is 555 g/mol. The number of thioether (sulfide) groups is 1. The largest absolute Gasteiger partial charge is 0.493 e. The average molecular weight is 555 g/mol. The van der Waals surface area contributed by atoms with Gasteiger partial charge in [0.2, 0.25) is 0 Å². The molecule has 1 aliphatic heterocycles. The quantitative estimate of drug-likeness (QED) is 0.299. The second-order valence-electron chi connectivity index (χ2n) is 6.25. The normalized spacial score (nSPS) is 15.0. The van der Waals surface area contributed by atoms with Crippen molar-refractivity contribution in [2.75, 3.05) is 13.7 Å². The van der Waals surface area contributed by atoms with Crippen molar-refractivity contribution in [1.82, 2.24) is 4.90 Å². The number of amides is 1. The maximum Gasteiger partial charge on any atom is 0.335 e. The fourth-order valence-corrected chi connectivity index (χ4v) is 5.00. The highest BCUT2D eigenvalue weighted by molar-refractivity contribution is 14.1. The molecule has 1 aliphatic rings. The lowest BCUT2D eigenvalue weighted by Crippen LogP contribution is -2.27. The van der Waals surface area contributed by atoms with Gasteiger partial charge in [-0.05, 0) is 71.0 Å². The molecule has 2 aromatic carbocycles. The third-order valence-corrected chi connectivity index (χ3v) is 6.48. The highest BCUT2D eigenvalue weighted by Crippen LogP contribution is 2.37. The first kappa shape index (κ1) is 22.6. The number of carboxylic acid groups (broad SMARTS) is 1. The number of nitrogens with zero attached hydrogens (tertiary/aromatic N) is 1. The number of benzene rings is 2. The van der Waals surface area contributed by atoms with Crippen molar-refractivity contribution in [3.63, 3.8) is 0 Å². The van der Waals surface area contributed by atoms with E-state index in [-0.39, 0.29) is 18.1 Å². The molecule has 30 heavy (non-hydrogen) atoms. The third kappa shape index (κ3) is 4.96. The van der Waals surface area contributed by atoms with Gasteiger partial charge in [-0.1, -0.05) is 36.1 Å². The van der Waals surface area contributed by atoms with E-state index in [9.17, 15) is 9.59 Å². The van der Waals surface area contributed by atoms with Gasteiger partial charge in [-0.15, -0.1) is 0 Å². The Balaban J connectivity index is 1.84. The molecule has 1 fully saturated rings. The molecule has 0 bridgehead atoms. The number of thiocarbonyl (C=S) groups is 1. The van der Waals surface area contributed by atoms with Crippen LogP contribution >= 0.6 is 46.6 Å². The first-order valence-corrected chi connectivity index (χ1v) is 11.2. The number of carbonyl (C=O) groups excluding carboxylic acids is 1. The summed E-state index contributed by atoms with van der Waals surface area (Å²) in [5.41, 5.74) is 1.74. The Bertz CT molecular complexity index is 1050. The smallest absolute Gasteiger partial charge is 0.335 e. The molecule has 1 saturated heterocycles. The molecule has 0 aromatic heterocycles. The number of carboxylic acids is 1. The maximum absolute atomic E-state index is 12.4. The number of halogens is 1. The van der Waals surface area contributed by atoms with E-state index < -0.39 is 5.97 Å². The van der Waals surface area contributed by atoms with E-state index in [0.29, 0.717) is 27.3 Å². The summed E-state index contributed by atoms with van der Waals surface area (Å²) in [5.74, 6) is -0.00689. The van der Waals surface area contributed by atoms with Gasteiger partial charge < -0.3 is 14.6 Å². The van der Waals surface area contributed by atoms with E-state index >= 15 is 0 Å². The van der Waals surface area contributed by atoms with Crippen molar-refractivity contribution in [3.05, 3.63) is 61.6 Å². The Kier molecular flexibility index (Phi) is 7.37. The molecule has 1 heterocycles. The minimum Gasteiger partial charge on any atom is -0.493 e. The molecule has 0 unspecified atom stereocenters. The van der Waals surface area contributed by atoms with E-state index in [2.05, 4.69) is 22.6 Å². The van der Waals surface area contributed by atoms with Gasteiger partial charge in [-0.2, -0.15) is 0 Å². The highest BCUT2D eigenvalue weighted by atomic mass is 127. The molecule has 3 rings (SSSR count). The fraction of sp³-hybridized carbons (Fsp3) is 0.190. The van der Waals surface area contributed by atoms with E-state index in [1.165, 1.54) is 17.8 Å². The van der Waals surface area contributed by atoms with Gasteiger partial charge in [-0.25, -0.2) is 4.79 Å². The minimum absolute atomic E-state index is 0.0971. The Morgan fingerprint density at radius 2 is 2.10 bits per heavy atom. The van der Waals surface area contributed by atoms with E-state index in [4.69, 9.17) is 26.8 Å². The Labute approximate surface area is 197 Å². The van der Waals surface area contributed by atoms with Gasteiger partial charge >= 0.3 is 5.97 Å². The van der Waals surface area contributed by atoms with Crippen molar-refractivity contribution < 1.29 is 24.2 Å². The molecular weight excluding hydrogens is 537 g/mol. The van der Waals surface area contributed by atoms with Crippen LogP contribution in [0.1, 0.15) is 28.4 Å². The van der Waals surface area contributed by atoms with Gasteiger partial charge in [0, 0.05) is 6.54 Å². The number of rotatable bonds is 7. The predicted molar refractivity (Wildman–Crippen MR) is 129 cm³/mol. The van der Waals surface area contributed by atoms with Crippen LogP contribution < -0.4 is 9.47 Å². The second kappa shape index (κ2) is 9.80. The lowest BCUT2D eigenvalue weighted by molar-refractivity contribution is -0.121. The first-order valence-electron chi connectivity index (χ1n) is 8.92. The Morgan fingerprint density at radius 1 is 1.33 bits per heavy atom. The summed E-state index contributed by atoms with van der Waals surface area (Å²) in [5, 5.41) is 9.13. The molecule has 0 spiro atoms. The first-order chi connectivity index (χ1) is 14.3. The second-order valence-corrected chi connectivity index (χ2v) is 9.09. The van der Waals surface area contributed by atoms with Crippen LogP contribution in [0, 0.1) is 3.57 Å². The minimum atomic E-state index is -0.984. The van der Waals surface area contributed by atoms with E-state index in [1.807, 2.05) is 13.0 Å². The summed E-state index contributed by atoms with van der Waals surface area (Å²) in [6, 6.07) is 10.3. The summed E-state index contributed by atoms with van der Waals surface area (Å²) in [4.78, 5) is 25.7. The average Bonchev–Trinajstić information content (AvgIpc) is 2.99. The summed E-state index contributed by atoms with van der Waals surface area (Å²) >= 11 is 8.68. The molecule has 0 saturated carbocycles. The lowest BCUT2D eigenvalue weighted by atomic mass is 10.1. The molecule has 1 N–H and O–H groups in total. The van der Waals surface area contributed by atoms with Crippen LogP contribution in [0.25, 0.3) is 6.08 Å². The molecule has 1 amide bonds. The number of likely N-dealkylation sites (N-methyl/N-ethyl adjacent to an activating group) is 1. The zero-order valence-corrected chi connectivity index (χ0v) is 20.0. The molecule has 6 nitrogen and oxygen atoms in total. The zero-order valence-electron chi connectivity index (χ0n) is 16.2. The van der Waals surface area contributed by atoms with Crippen LogP contribution in [0.3, 0.4) is 0 Å². The number of hydrogen-bond donors (Lipinski definition) is 1. The molecule has 156 valence electrons. The zero-order chi connectivity index (χ0) is 21.8. The number of aromatic carboxylic acids is 1. The number of hydrogen-bond acceptors (Lipinski definition) is 6. The molecule has 2 aromatic rings. The SMILES string of the molecule is CCN1C(=O)/C(=C/c2cc(I)c(OCc3cccc(C(=O)O)c3)c(OC)c2)SC1=S. The van der Waals surface area contributed by atoms with Gasteiger partial charge in [0.15, 0.2) is 11.5 Å². The molecular formula is C21H18INO5S2. The van der Waals surface area contributed by atoms with Crippen molar-refractivity contribution in [1.29, 1.82) is 0 Å². The van der Waals surface area contributed by atoms with Gasteiger partial charge in [0.1, 0.15) is 10.9 Å². The van der Waals surface area contributed by atoms with Gasteiger partial charge in [0.05, 0.1) is 21.1 Å². The van der Waals surface area contributed by atoms with Crippen LogP contribution in [-0.2, 0) is 11.4 Å². The van der Waals surface area contributed by atoms with Crippen molar-refractivity contribution >= 4 is 68.8 Å². The summed E-state index contributed by atoms with van der Waals surface area (Å²) < 4.78 is 12.8. The third-order valence-electron chi connectivity index (χ3n) is 4.30. The molecule has 0 radical (unpaired) electrons.